The number of aliphatic hydroxyl groups is 1. The molecule has 1 aromatic rings. The molecule has 5 heteroatoms. The number of carbonyl (C=O) groups excluding carboxylic acids is 1. The summed E-state index contributed by atoms with van der Waals surface area (Å²) in [7, 11) is 1.72. The Labute approximate surface area is 119 Å². The van der Waals surface area contributed by atoms with Crippen LogP contribution in [0.25, 0.3) is 0 Å². The highest BCUT2D eigenvalue weighted by molar-refractivity contribution is 6.00. The molecule has 1 aliphatic heterocycles. The van der Waals surface area contributed by atoms with Crippen LogP contribution in [0.3, 0.4) is 0 Å². The second-order valence-corrected chi connectivity index (χ2v) is 4.86. The van der Waals surface area contributed by atoms with E-state index < -0.39 is 6.10 Å². The minimum Gasteiger partial charge on any atom is -0.490 e. The molecule has 20 heavy (non-hydrogen) atoms. The highest BCUT2D eigenvalue weighted by atomic mass is 16.5. The molecule has 0 fully saturated rings. The minimum absolute atomic E-state index is 0.0727. The second kappa shape index (κ2) is 6.13. The van der Waals surface area contributed by atoms with Crippen molar-refractivity contribution >= 4 is 11.6 Å². The number of nitrogens with zero attached hydrogens (tertiary/aromatic N) is 1. The van der Waals surface area contributed by atoms with Crippen LogP contribution in [0, 0.1) is 0 Å². The predicted molar refractivity (Wildman–Crippen MR) is 76.3 cm³/mol. The summed E-state index contributed by atoms with van der Waals surface area (Å²) in [6.07, 6.45) is 1.01. The number of benzene rings is 1. The van der Waals surface area contributed by atoms with Crippen molar-refractivity contribution in [1.82, 2.24) is 0 Å². The summed E-state index contributed by atoms with van der Waals surface area (Å²) in [5.41, 5.74) is 1.35. The summed E-state index contributed by atoms with van der Waals surface area (Å²) in [5.74, 6) is 1.10. The molecule has 0 aliphatic carbocycles. The molecule has 1 amide bonds. The molecule has 0 bridgehead atoms. The largest absolute Gasteiger partial charge is 0.490 e. The molecule has 1 aliphatic rings. The number of rotatable bonds is 5. The third-order valence-corrected chi connectivity index (χ3v) is 3.34. The van der Waals surface area contributed by atoms with Gasteiger partial charge in [-0.3, -0.25) is 4.79 Å². The fourth-order valence-corrected chi connectivity index (χ4v) is 2.21. The number of hydrogen-bond acceptors (Lipinski definition) is 4. The molecule has 1 unspecified atom stereocenters. The fraction of sp³-hybridized carbons (Fsp3) is 0.533. The van der Waals surface area contributed by atoms with Gasteiger partial charge >= 0.3 is 0 Å². The number of anilines is 1. The standard InChI is InChI=1S/C15H21NO4/c1-4-6-19-13-8-10(9-17)7-11-14(13)20-12(5-2)15(18)16(11)3/h7-8,12,17H,4-6,9H2,1-3H3. The summed E-state index contributed by atoms with van der Waals surface area (Å²) >= 11 is 0. The molecule has 0 aromatic heterocycles. The average Bonchev–Trinajstić information content (AvgIpc) is 2.48. The van der Waals surface area contributed by atoms with Gasteiger partial charge in [0.2, 0.25) is 0 Å². The van der Waals surface area contributed by atoms with Crippen LogP contribution in [0.4, 0.5) is 5.69 Å². The van der Waals surface area contributed by atoms with E-state index in [9.17, 15) is 9.90 Å². The Morgan fingerprint density at radius 2 is 2.15 bits per heavy atom. The third kappa shape index (κ3) is 2.58. The number of likely N-dealkylation sites (N-methyl/N-ethyl adjacent to an activating group) is 1. The van der Waals surface area contributed by atoms with Crippen LogP contribution in [0.2, 0.25) is 0 Å². The number of amides is 1. The third-order valence-electron chi connectivity index (χ3n) is 3.34. The van der Waals surface area contributed by atoms with Crippen molar-refractivity contribution < 1.29 is 19.4 Å². The van der Waals surface area contributed by atoms with Crippen LogP contribution in [-0.2, 0) is 11.4 Å². The topological polar surface area (TPSA) is 59.0 Å². The highest BCUT2D eigenvalue weighted by Gasteiger charge is 2.33. The van der Waals surface area contributed by atoms with E-state index in [0.29, 0.717) is 35.8 Å². The first-order chi connectivity index (χ1) is 9.62. The van der Waals surface area contributed by atoms with Crippen LogP contribution in [-0.4, -0.2) is 30.8 Å². The molecule has 1 N–H and O–H groups in total. The molecule has 2 rings (SSSR count). The predicted octanol–water partition coefficient (Wildman–Crippen LogP) is 2.10. The summed E-state index contributed by atoms with van der Waals surface area (Å²) < 4.78 is 11.5. The van der Waals surface area contributed by atoms with Gasteiger partial charge in [0.25, 0.3) is 5.91 Å². The molecular formula is C15H21NO4. The van der Waals surface area contributed by atoms with Crippen molar-refractivity contribution in [2.45, 2.75) is 39.4 Å². The molecule has 5 nitrogen and oxygen atoms in total. The summed E-state index contributed by atoms with van der Waals surface area (Å²) in [6.45, 7) is 4.40. The van der Waals surface area contributed by atoms with Crippen LogP contribution in [0.15, 0.2) is 12.1 Å². The van der Waals surface area contributed by atoms with Crippen LogP contribution in [0.5, 0.6) is 11.5 Å². The maximum atomic E-state index is 12.1. The van der Waals surface area contributed by atoms with Gasteiger partial charge in [0.1, 0.15) is 0 Å². The van der Waals surface area contributed by atoms with Gasteiger partial charge in [-0.2, -0.15) is 0 Å². The first kappa shape index (κ1) is 14.7. The van der Waals surface area contributed by atoms with E-state index in [2.05, 4.69) is 0 Å². The van der Waals surface area contributed by atoms with Crippen molar-refractivity contribution in [3.8, 4) is 11.5 Å². The first-order valence-corrected chi connectivity index (χ1v) is 6.97. The Bertz CT molecular complexity index is 501. The lowest BCUT2D eigenvalue weighted by molar-refractivity contribution is -0.126. The van der Waals surface area contributed by atoms with E-state index in [0.717, 1.165) is 6.42 Å². The Kier molecular flexibility index (Phi) is 4.49. The lowest BCUT2D eigenvalue weighted by Gasteiger charge is -2.33. The van der Waals surface area contributed by atoms with Gasteiger partial charge in [-0.1, -0.05) is 13.8 Å². The minimum atomic E-state index is -0.476. The normalized spacial score (nSPS) is 17.7. The smallest absolute Gasteiger partial charge is 0.267 e. The molecular weight excluding hydrogens is 258 g/mol. The van der Waals surface area contributed by atoms with E-state index in [1.54, 1.807) is 24.1 Å². The summed E-state index contributed by atoms with van der Waals surface area (Å²) in [5, 5.41) is 9.34. The van der Waals surface area contributed by atoms with Gasteiger partial charge in [-0.05, 0) is 30.5 Å². The molecule has 0 spiro atoms. The number of fused-ring (bicyclic) bond motifs is 1. The van der Waals surface area contributed by atoms with Crippen molar-refractivity contribution in [2.24, 2.45) is 0 Å². The lowest BCUT2D eigenvalue weighted by Crippen LogP contribution is -2.43. The van der Waals surface area contributed by atoms with Crippen LogP contribution >= 0.6 is 0 Å². The average molecular weight is 279 g/mol. The fourth-order valence-electron chi connectivity index (χ4n) is 2.21. The Morgan fingerprint density at radius 1 is 1.40 bits per heavy atom. The summed E-state index contributed by atoms with van der Waals surface area (Å²) in [4.78, 5) is 13.7. The maximum absolute atomic E-state index is 12.1. The second-order valence-electron chi connectivity index (χ2n) is 4.86. The molecule has 0 saturated heterocycles. The SMILES string of the molecule is CCCOc1cc(CO)cc2c1OC(CC)C(=O)N2C. The van der Waals surface area contributed by atoms with E-state index in [-0.39, 0.29) is 12.5 Å². The molecule has 0 radical (unpaired) electrons. The number of ether oxygens (including phenoxy) is 2. The zero-order valence-electron chi connectivity index (χ0n) is 12.2. The zero-order chi connectivity index (χ0) is 14.7. The van der Waals surface area contributed by atoms with Crippen molar-refractivity contribution in [2.75, 3.05) is 18.6 Å². The van der Waals surface area contributed by atoms with Gasteiger partial charge < -0.3 is 19.5 Å². The Hall–Kier alpha value is -1.75. The highest BCUT2D eigenvalue weighted by Crippen LogP contribution is 2.42. The van der Waals surface area contributed by atoms with E-state index in [1.807, 2.05) is 13.8 Å². The zero-order valence-corrected chi connectivity index (χ0v) is 12.2. The molecule has 1 aromatic carbocycles. The monoisotopic (exact) mass is 279 g/mol. The molecule has 0 saturated carbocycles. The van der Waals surface area contributed by atoms with Gasteiger partial charge in [0.05, 0.1) is 18.9 Å². The van der Waals surface area contributed by atoms with Crippen molar-refractivity contribution in [3.63, 3.8) is 0 Å². The number of carbonyl (C=O) groups is 1. The molecule has 1 heterocycles. The van der Waals surface area contributed by atoms with Crippen LogP contribution in [0.1, 0.15) is 32.3 Å². The quantitative estimate of drug-likeness (QED) is 0.896. The lowest BCUT2D eigenvalue weighted by atomic mass is 10.1. The first-order valence-electron chi connectivity index (χ1n) is 6.97. The van der Waals surface area contributed by atoms with Gasteiger partial charge in [0.15, 0.2) is 17.6 Å². The molecule has 110 valence electrons. The summed E-state index contributed by atoms with van der Waals surface area (Å²) in [6, 6.07) is 3.53. The number of aliphatic hydroxyl groups excluding tert-OH is 1. The van der Waals surface area contributed by atoms with E-state index in [1.165, 1.54) is 0 Å². The molecule has 1 atom stereocenters. The van der Waals surface area contributed by atoms with Gasteiger partial charge in [0, 0.05) is 7.05 Å². The Morgan fingerprint density at radius 3 is 2.75 bits per heavy atom. The van der Waals surface area contributed by atoms with Crippen molar-refractivity contribution in [3.05, 3.63) is 17.7 Å². The van der Waals surface area contributed by atoms with Crippen LogP contribution < -0.4 is 14.4 Å². The maximum Gasteiger partial charge on any atom is 0.267 e. The van der Waals surface area contributed by atoms with Gasteiger partial charge in [-0.25, -0.2) is 0 Å². The Balaban J connectivity index is 2.47. The number of hydrogen-bond donors (Lipinski definition) is 1. The van der Waals surface area contributed by atoms with E-state index in [4.69, 9.17) is 9.47 Å². The van der Waals surface area contributed by atoms with E-state index >= 15 is 0 Å². The van der Waals surface area contributed by atoms with Crippen molar-refractivity contribution in [1.29, 1.82) is 0 Å². The van der Waals surface area contributed by atoms with Gasteiger partial charge in [-0.15, -0.1) is 0 Å².